The molecule has 0 radical (unpaired) electrons. The van der Waals surface area contributed by atoms with Gasteiger partial charge in [0, 0.05) is 44.2 Å². The minimum Gasteiger partial charge on any atom is -0.493 e. The predicted molar refractivity (Wildman–Crippen MR) is 115 cm³/mol. The summed E-state index contributed by atoms with van der Waals surface area (Å²) in [6.07, 6.45) is 1.01. The number of hydrogen-bond acceptors (Lipinski definition) is 4. The van der Waals surface area contributed by atoms with E-state index in [1.54, 1.807) is 0 Å². The smallest absolute Gasteiger partial charge is 0.234 e. The largest absolute Gasteiger partial charge is 0.493 e. The summed E-state index contributed by atoms with van der Waals surface area (Å²) >= 11 is 6.05. The van der Waals surface area contributed by atoms with Crippen LogP contribution in [0.25, 0.3) is 0 Å². The van der Waals surface area contributed by atoms with Gasteiger partial charge in [-0.3, -0.25) is 14.6 Å². The maximum absolute atomic E-state index is 12.4. The lowest BCUT2D eigenvalue weighted by molar-refractivity contribution is -0.123. The Labute approximate surface area is 177 Å². The van der Waals surface area contributed by atoms with Gasteiger partial charge in [0.2, 0.25) is 5.91 Å². The Hall–Kier alpha value is -2.08. The number of carbonyl (C=O) groups excluding carboxylic acids is 1. The van der Waals surface area contributed by atoms with Gasteiger partial charge in [-0.15, -0.1) is 0 Å². The molecule has 2 aromatic carbocycles. The Balaban J connectivity index is 1.22. The molecule has 4 rings (SSSR count). The second-order valence-corrected chi connectivity index (χ2v) is 8.37. The normalized spacial score (nSPS) is 18.1. The minimum atomic E-state index is -0.0497. The zero-order chi connectivity index (χ0) is 20.2. The van der Waals surface area contributed by atoms with E-state index in [2.05, 4.69) is 33.3 Å². The molecule has 0 saturated carbocycles. The molecular formula is C23H28ClN3O2. The molecule has 0 aliphatic carbocycles. The third kappa shape index (κ3) is 5.30. The van der Waals surface area contributed by atoms with Crippen LogP contribution in [0.15, 0.2) is 42.5 Å². The zero-order valence-electron chi connectivity index (χ0n) is 16.9. The summed E-state index contributed by atoms with van der Waals surface area (Å²) in [5.74, 6) is 1.10. The number of piperazine rings is 1. The molecule has 1 saturated heterocycles. The highest BCUT2D eigenvalue weighted by molar-refractivity contribution is 6.30. The van der Waals surface area contributed by atoms with Crippen molar-refractivity contribution in [1.29, 1.82) is 0 Å². The lowest BCUT2D eigenvalue weighted by atomic mass is 10.1. The topological polar surface area (TPSA) is 44.8 Å². The maximum Gasteiger partial charge on any atom is 0.234 e. The molecule has 0 spiro atoms. The molecule has 2 aromatic rings. The van der Waals surface area contributed by atoms with Crippen LogP contribution >= 0.6 is 11.6 Å². The number of fused-ring (bicyclic) bond motifs is 1. The number of amides is 1. The number of hydrogen-bond donors (Lipinski definition) is 1. The number of rotatable bonds is 6. The summed E-state index contributed by atoms with van der Waals surface area (Å²) < 4.78 is 5.59. The van der Waals surface area contributed by atoms with E-state index in [4.69, 9.17) is 16.3 Å². The van der Waals surface area contributed by atoms with Gasteiger partial charge in [-0.2, -0.15) is 0 Å². The first kappa shape index (κ1) is 20.2. The molecule has 1 atom stereocenters. The zero-order valence-corrected chi connectivity index (χ0v) is 17.6. The van der Waals surface area contributed by atoms with Crippen molar-refractivity contribution < 1.29 is 9.53 Å². The van der Waals surface area contributed by atoms with E-state index in [1.165, 1.54) is 11.1 Å². The highest BCUT2D eigenvalue weighted by Gasteiger charge is 2.21. The van der Waals surface area contributed by atoms with Gasteiger partial charge in [-0.1, -0.05) is 35.9 Å². The van der Waals surface area contributed by atoms with E-state index >= 15 is 0 Å². The quantitative estimate of drug-likeness (QED) is 0.789. The van der Waals surface area contributed by atoms with Crippen molar-refractivity contribution in [3.63, 3.8) is 0 Å². The van der Waals surface area contributed by atoms with Gasteiger partial charge >= 0.3 is 0 Å². The first-order chi connectivity index (χ1) is 14.1. The van der Waals surface area contributed by atoms with Crippen molar-refractivity contribution in [2.24, 2.45) is 0 Å². The molecule has 0 bridgehead atoms. The van der Waals surface area contributed by atoms with Crippen LogP contribution in [0.3, 0.4) is 0 Å². The first-order valence-electron chi connectivity index (χ1n) is 10.3. The minimum absolute atomic E-state index is 0.0497. The fraction of sp³-hybridized carbons (Fsp3) is 0.435. The molecule has 0 aromatic heterocycles. The van der Waals surface area contributed by atoms with Gasteiger partial charge in [0.15, 0.2) is 0 Å². The van der Waals surface area contributed by atoms with Crippen LogP contribution in [0.2, 0.25) is 5.02 Å². The van der Waals surface area contributed by atoms with Crippen LogP contribution in [0, 0.1) is 0 Å². The Morgan fingerprint density at radius 2 is 1.93 bits per heavy atom. The first-order valence-corrected chi connectivity index (χ1v) is 10.7. The molecule has 6 heteroatoms. The van der Waals surface area contributed by atoms with E-state index in [0.717, 1.165) is 57.1 Å². The Bertz CT molecular complexity index is 865. The van der Waals surface area contributed by atoms with Gasteiger partial charge in [-0.05, 0) is 41.8 Å². The van der Waals surface area contributed by atoms with Gasteiger partial charge in [0.05, 0.1) is 19.2 Å². The average molecular weight is 414 g/mol. The van der Waals surface area contributed by atoms with Crippen LogP contribution in [0.4, 0.5) is 0 Å². The maximum atomic E-state index is 12.4. The van der Waals surface area contributed by atoms with Crippen LogP contribution in [-0.2, 0) is 17.8 Å². The van der Waals surface area contributed by atoms with Crippen molar-refractivity contribution in [3.8, 4) is 5.75 Å². The second kappa shape index (κ2) is 9.16. The number of nitrogens with one attached hydrogen (secondary N) is 1. The number of nitrogens with zero attached hydrogens (tertiary/aromatic N) is 2. The molecule has 2 aliphatic heterocycles. The molecule has 1 N–H and O–H groups in total. The molecule has 1 fully saturated rings. The van der Waals surface area contributed by atoms with Crippen LogP contribution in [-0.4, -0.2) is 55.0 Å². The van der Waals surface area contributed by atoms with Crippen molar-refractivity contribution >= 4 is 17.5 Å². The third-order valence-corrected chi connectivity index (χ3v) is 5.95. The number of halogens is 1. The van der Waals surface area contributed by atoms with Gasteiger partial charge in [0.1, 0.15) is 5.75 Å². The number of carbonyl (C=O) groups is 1. The molecular weight excluding hydrogens is 386 g/mol. The van der Waals surface area contributed by atoms with Crippen molar-refractivity contribution in [1.82, 2.24) is 15.1 Å². The fourth-order valence-electron chi connectivity index (χ4n) is 4.05. The van der Waals surface area contributed by atoms with Gasteiger partial charge < -0.3 is 10.1 Å². The third-order valence-electron chi connectivity index (χ3n) is 5.72. The highest BCUT2D eigenvalue weighted by Crippen LogP contribution is 2.26. The highest BCUT2D eigenvalue weighted by atomic mass is 35.5. The monoisotopic (exact) mass is 413 g/mol. The van der Waals surface area contributed by atoms with Gasteiger partial charge in [0.25, 0.3) is 0 Å². The fourth-order valence-corrected chi connectivity index (χ4v) is 4.25. The summed E-state index contributed by atoms with van der Waals surface area (Å²) in [4.78, 5) is 17.1. The van der Waals surface area contributed by atoms with Crippen molar-refractivity contribution in [2.75, 3.05) is 39.3 Å². The average Bonchev–Trinajstić information content (AvgIpc) is 3.17. The van der Waals surface area contributed by atoms with Crippen LogP contribution in [0.5, 0.6) is 5.75 Å². The predicted octanol–water partition coefficient (Wildman–Crippen LogP) is 3.27. The molecule has 154 valence electrons. The van der Waals surface area contributed by atoms with Crippen molar-refractivity contribution in [2.45, 2.75) is 25.9 Å². The lowest BCUT2D eigenvalue weighted by Crippen LogP contribution is -2.49. The lowest BCUT2D eigenvalue weighted by Gasteiger charge is -2.34. The summed E-state index contributed by atoms with van der Waals surface area (Å²) in [5.41, 5.74) is 3.69. The molecule has 5 nitrogen and oxygen atoms in total. The Morgan fingerprint density at radius 3 is 2.72 bits per heavy atom. The molecule has 2 heterocycles. The second-order valence-electron chi connectivity index (χ2n) is 7.94. The molecule has 29 heavy (non-hydrogen) atoms. The van der Waals surface area contributed by atoms with E-state index in [9.17, 15) is 4.79 Å². The SMILES string of the molecule is C[C@H](NC(=O)CN1CCN(Cc2ccc3c(c2)CCO3)CC1)c1cccc(Cl)c1. The van der Waals surface area contributed by atoms with Crippen molar-refractivity contribution in [3.05, 3.63) is 64.2 Å². The van der Waals surface area contributed by atoms with E-state index in [1.807, 2.05) is 31.2 Å². The van der Waals surface area contributed by atoms with E-state index in [-0.39, 0.29) is 11.9 Å². The molecule has 0 unspecified atom stereocenters. The summed E-state index contributed by atoms with van der Waals surface area (Å²) in [5, 5.41) is 3.77. The van der Waals surface area contributed by atoms with E-state index < -0.39 is 0 Å². The summed E-state index contributed by atoms with van der Waals surface area (Å²) in [6, 6.07) is 14.1. The van der Waals surface area contributed by atoms with Crippen LogP contribution < -0.4 is 10.1 Å². The summed E-state index contributed by atoms with van der Waals surface area (Å²) in [7, 11) is 0. The molecule has 1 amide bonds. The van der Waals surface area contributed by atoms with Gasteiger partial charge in [-0.25, -0.2) is 0 Å². The molecule has 2 aliphatic rings. The Kier molecular flexibility index (Phi) is 6.38. The van der Waals surface area contributed by atoms with Crippen LogP contribution in [0.1, 0.15) is 29.7 Å². The van der Waals surface area contributed by atoms with E-state index in [0.29, 0.717) is 11.6 Å². The number of ether oxygens (including phenoxy) is 1. The number of benzene rings is 2. The Morgan fingerprint density at radius 1 is 1.14 bits per heavy atom. The standard InChI is InChI=1S/C23H28ClN3O2/c1-17(19-3-2-4-21(24)14-19)25-23(28)16-27-10-8-26(9-11-27)15-18-5-6-22-20(13-18)7-12-29-22/h2-6,13-14,17H,7-12,15-16H2,1H3,(H,25,28)/t17-/m0/s1. The summed E-state index contributed by atoms with van der Waals surface area (Å²) in [6.45, 7) is 7.96.